The lowest BCUT2D eigenvalue weighted by molar-refractivity contribution is -0.126. The zero-order valence-electron chi connectivity index (χ0n) is 14.6. The molecule has 3 N–H and O–H groups in total. The number of carboxylic acid groups (broad SMARTS) is 1. The molecule has 2 aromatic rings. The van der Waals surface area contributed by atoms with Crippen molar-refractivity contribution < 1.29 is 29.0 Å². The van der Waals surface area contributed by atoms with Crippen LogP contribution in [0.5, 0.6) is 5.75 Å². The van der Waals surface area contributed by atoms with Crippen LogP contribution in [-0.2, 0) is 9.59 Å². The summed E-state index contributed by atoms with van der Waals surface area (Å²) >= 11 is 6.08. The fraction of sp³-hybridized carbons (Fsp3) is 0.0526. The number of aromatic carboxylic acids is 1. The number of aromatic hydroxyl groups is 1. The van der Waals surface area contributed by atoms with Gasteiger partial charge in [-0.2, -0.15) is 0 Å². The number of thiocarbonyl (C=S) groups is 1. The van der Waals surface area contributed by atoms with E-state index in [0.717, 1.165) is 22.7 Å². The van der Waals surface area contributed by atoms with E-state index in [9.17, 15) is 29.0 Å². The Balaban J connectivity index is 1.75. The van der Waals surface area contributed by atoms with Crippen LogP contribution in [0.15, 0.2) is 47.4 Å². The zero-order chi connectivity index (χ0) is 21.1. The van der Waals surface area contributed by atoms with Crippen LogP contribution in [0, 0.1) is 5.82 Å². The Morgan fingerprint density at radius 3 is 2.66 bits per heavy atom. The van der Waals surface area contributed by atoms with E-state index in [1.807, 2.05) is 0 Å². The molecule has 7 nitrogen and oxygen atoms in total. The fourth-order valence-electron chi connectivity index (χ4n) is 2.52. The topological polar surface area (TPSA) is 107 Å². The monoisotopic (exact) mass is 432 g/mol. The Kier molecular flexibility index (Phi) is 5.95. The molecular formula is C19H13FN2O5S2. The highest BCUT2D eigenvalue weighted by atomic mass is 32.2. The summed E-state index contributed by atoms with van der Waals surface area (Å²) in [6, 6.07) is 9.37. The number of benzene rings is 2. The number of carbonyl (C=O) groups excluding carboxylic acids is 2. The van der Waals surface area contributed by atoms with Crippen LogP contribution in [0.3, 0.4) is 0 Å². The lowest BCUT2D eigenvalue weighted by Crippen LogP contribution is -2.36. The Labute approximate surface area is 173 Å². The van der Waals surface area contributed by atoms with Gasteiger partial charge in [0.05, 0.1) is 16.2 Å². The second kappa shape index (κ2) is 8.41. The Morgan fingerprint density at radius 1 is 1.24 bits per heavy atom. The van der Waals surface area contributed by atoms with E-state index < -0.39 is 30.1 Å². The molecule has 1 fully saturated rings. The molecule has 1 heterocycles. The average molecular weight is 432 g/mol. The molecule has 148 valence electrons. The van der Waals surface area contributed by atoms with E-state index in [2.05, 4.69) is 5.32 Å². The molecule has 1 aliphatic heterocycles. The van der Waals surface area contributed by atoms with Crippen molar-refractivity contribution in [2.75, 3.05) is 11.9 Å². The largest absolute Gasteiger partial charge is 0.508 e. The van der Waals surface area contributed by atoms with Gasteiger partial charge in [-0.25, -0.2) is 9.18 Å². The maximum Gasteiger partial charge on any atom is 0.337 e. The van der Waals surface area contributed by atoms with Crippen LogP contribution in [-0.4, -0.2) is 43.8 Å². The molecule has 1 saturated heterocycles. The van der Waals surface area contributed by atoms with Gasteiger partial charge in [0.2, 0.25) is 5.91 Å². The van der Waals surface area contributed by atoms with Crippen molar-refractivity contribution >= 4 is 57.8 Å². The van der Waals surface area contributed by atoms with Crippen LogP contribution >= 0.6 is 24.0 Å². The first kappa shape index (κ1) is 20.5. The second-order valence-corrected chi connectivity index (χ2v) is 7.55. The van der Waals surface area contributed by atoms with E-state index in [1.165, 1.54) is 36.4 Å². The zero-order valence-corrected chi connectivity index (χ0v) is 16.2. The Morgan fingerprint density at radius 2 is 1.97 bits per heavy atom. The normalized spacial score (nSPS) is 15.1. The molecule has 0 saturated carbocycles. The number of hydrogen-bond donors (Lipinski definition) is 3. The number of rotatable bonds is 5. The molecular weight excluding hydrogens is 419 g/mol. The van der Waals surface area contributed by atoms with Crippen molar-refractivity contribution in [1.29, 1.82) is 0 Å². The molecule has 0 bridgehead atoms. The summed E-state index contributed by atoms with van der Waals surface area (Å²) in [6.45, 7) is -0.445. The fourth-order valence-corrected chi connectivity index (χ4v) is 3.77. The average Bonchev–Trinajstić information content (AvgIpc) is 2.92. The number of halogens is 1. The number of carboxylic acids is 1. The van der Waals surface area contributed by atoms with E-state index in [4.69, 9.17) is 12.2 Å². The summed E-state index contributed by atoms with van der Waals surface area (Å²) in [6.07, 6.45) is 1.36. The molecule has 0 unspecified atom stereocenters. The first-order chi connectivity index (χ1) is 13.8. The van der Waals surface area contributed by atoms with E-state index >= 15 is 0 Å². The van der Waals surface area contributed by atoms with Gasteiger partial charge in [-0.15, -0.1) is 0 Å². The number of nitrogens with one attached hydrogen (secondary N) is 1. The molecule has 0 radical (unpaired) electrons. The Hall–Kier alpha value is -3.24. The SMILES string of the molecule is O=C(CN1C(=O)/C(=C/c2ccccc2F)SC1=S)Nc1ccc(O)cc1C(=O)O. The van der Waals surface area contributed by atoms with Crippen LogP contribution in [0.1, 0.15) is 15.9 Å². The van der Waals surface area contributed by atoms with Gasteiger partial charge in [-0.3, -0.25) is 14.5 Å². The van der Waals surface area contributed by atoms with Crippen LogP contribution in [0.2, 0.25) is 0 Å². The van der Waals surface area contributed by atoms with E-state index in [0.29, 0.717) is 0 Å². The number of anilines is 1. The van der Waals surface area contributed by atoms with Gasteiger partial charge in [-0.1, -0.05) is 42.2 Å². The maximum atomic E-state index is 13.8. The van der Waals surface area contributed by atoms with Gasteiger partial charge >= 0.3 is 5.97 Å². The summed E-state index contributed by atoms with van der Waals surface area (Å²) in [7, 11) is 0. The standard InChI is InChI=1S/C19H13FN2O5S2/c20-13-4-2-1-3-10(13)7-15-17(25)22(19(28)29-15)9-16(24)21-14-6-5-11(23)8-12(14)18(26)27/h1-8,23H,9H2,(H,21,24)(H,26,27)/b15-7-. The Bertz CT molecular complexity index is 1070. The van der Waals surface area contributed by atoms with Crippen molar-refractivity contribution in [1.82, 2.24) is 4.90 Å². The predicted molar refractivity (Wildman–Crippen MR) is 110 cm³/mol. The van der Waals surface area contributed by atoms with E-state index in [1.54, 1.807) is 6.07 Å². The quantitative estimate of drug-likeness (QED) is 0.379. The van der Waals surface area contributed by atoms with Crippen LogP contribution in [0.4, 0.5) is 10.1 Å². The molecule has 0 spiro atoms. The molecule has 10 heteroatoms. The minimum Gasteiger partial charge on any atom is -0.508 e. The van der Waals surface area contributed by atoms with Gasteiger partial charge in [0.1, 0.15) is 22.4 Å². The van der Waals surface area contributed by atoms with Crippen molar-refractivity contribution in [2.24, 2.45) is 0 Å². The highest BCUT2D eigenvalue weighted by Crippen LogP contribution is 2.33. The van der Waals surface area contributed by atoms with E-state index in [-0.39, 0.29) is 31.8 Å². The number of phenols is 1. The molecule has 0 atom stereocenters. The summed E-state index contributed by atoms with van der Waals surface area (Å²) in [5.41, 5.74) is -0.122. The molecule has 1 aliphatic rings. The molecule has 3 rings (SSSR count). The van der Waals surface area contributed by atoms with Gasteiger partial charge < -0.3 is 15.5 Å². The lowest BCUT2D eigenvalue weighted by Gasteiger charge is -2.15. The third kappa shape index (κ3) is 4.61. The first-order valence-corrected chi connectivity index (χ1v) is 9.35. The summed E-state index contributed by atoms with van der Waals surface area (Å²) in [4.78, 5) is 37.4. The van der Waals surface area contributed by atoms with Gasteiger partial charge in [-0.05, 0) is 30.3 Å². The highest BCUT2D eigenvalue weighted by molar-refractivity contribution is 8.26. The summed E-state index contributed by atoms with van der Waals surface area (Å²) < 4.78 is 13.9. The number of thioether (sulfide) groups is 1. The van der Waals surface area contributed by atoms with Gasteiger partial charge in [0, 0.05) is 5.56 Å². The minimum absolute atomic E-state index is 0.0346. The number of nitrogens with zero attached hydrogens (tertiary/aromatic N) is 1. The number of phenolic OH excluding ortho intramolecular Hbond substituents is 1. The van der Waals surface area contributed by atoms with Gasteiger partial charge in [0.15, 0.2) is 0 Å². The van der Waals surface area contributed by atoms with Crippen molar-refractivity contribution in [2.45, 2.75) is 0 Å². The smallest absolute Gasteiger partial charge is 0.337 e. The van der Waals surface area contributed by atoms with Crippen molar-refractivity contribution in [3.63, 3.8) is 0 Å². The first-order valence-electron chi connectivity index (χ1n) is 8.12. The third-order valence-corrected chi connectivity index (χ3v) is 5.25. The summed E-state index contributed by atoms with van der Waals surface area (Å²) in [5.74, 6) is -3.33. The highest BCUT2D eigenvalue weighted by Gasteiger charge is 2.33. The molecule has 29 heavy (non-hydrogen) atoms. The van der Waals surface area contributed by atoms with Crippen LogP contribution in [0.25, 0.3) is 6.08 Å². The van der Waals surface area contributed by atoms with Gasteiger partial charge in [0.25, 0.3) is 5.91 Å². The molecule has 0 aliphatic carbocycles. The minimum atomic E-state index is -1.34. The van der Waals surface area contributed by atoms with Crippen LogP contribution < -0.4 is 5.32 Å². The number of hydrogen-bond acceptors (Lipinski definition) is 6. The molecule has 2 aromatic carbocycles. The maximum absolute atomic E-state index is 13.8. The third-order valence-electron chi connectivity index (χ3n) is 3.87. The molecule has 0 aromatic heterocycles. The number of amides is 2. The number of carbonyl (C=O) groups is 3. The predicted octanol–water partition coefficient (Wildman–Crippen LogP) is 3.07. The van der Waals surface area contributed by atoms with Crippen molar-refractivity contribution in [3.05, 3.63) is 64.3 Å². The second-order valence-electron chi connectivity index (χ2n) is 5.87. The summed E-state index contributed by atoms with van der Waals surface area (Å²) in [5, 5.41) is 21.0. The lowest BCUT2D eigenvalue weighted by atomic mass is 10.1. The van der Waals surface area contributed by atoms with Crippen molar-refractivity contribution in [3.8, 4) is 5.75 Å². The molecule has 2 amide bonds.